The summed E-state index contributed by atoms with van der Waals surface area (Å²) in [6.45, 7) is 9.99. The van der Waals surface area contributed by atoms with E-state index >= 15 is 0 Å². The predicted molar refractivity (Wildman–Crippen MR) is 92.7 cm³/mol. The Bertz CT molecular complexity index is 462. The third-order valence-electron chi connectivity index (χ3n) is 3.48. The van der Waals surface area contributed by atoms with Crippen molar-refractivity contribution in [1.82, 2.24) is 10.4 Å². The smallest absolute Gasteiger partial charge is 0.118 e. The molecule has 0 spiro atoms. The largest absolute Gasteiger partial charge is 0.497 e. The first-order chi connectivity index (χ1) is 10.7. The molecule has 1 N–H and O–H groups in total. The number of nitrogens with one attached hydrogen (secondary N) is 1. The molecule has 1 aromatic rings. The van der Waals surface area contributed by atoms with Gasteiger partial charge in [0, 0.05) is 6.54 Å². The van der Waals surface area contributed by atoms with E-state index in [1.54, 1.807) is 7.11 Å². The van der Waals surface area contributed by atoms with Crippen LogP contribution in [0.5, 0.6) is 5.75 Å². The second-order valence-corrected chi connectivity index (χ2v) is 4.83. The zero-order valence-corrected chi connectivity index (χ0v) is 14.1. The molecule has 0 aliphatic carbocycles. The number of hydrogen-bond acceptors (Lipinski definition) is 4. The lowest BCUT2D eigenvalue weighted by molar-refractivity contribution is 0.0486. The van der Waals surface area contributed by atoms with Crippen molar-refractivity contribution in [2.45, 2.75) is 20.8 Å². The van der Waals surface area contributed by atoms with E-state index < -0.39 is 0 Å². The molecule has 0 saturated carbocycles. The number of benzene rings is 1. The molecule has 0 aliphatic heterocycles. The lowest BCUT2D eigenvalue weighted by Crippen LogP contribution is -2.29. The SMILES string of the molecule is CC=C(C=Cc1ccc(OC)cc1)NOCCN(CC)CC. The van der Waals surface area contributed by atoms with E-state index in [1.165, 1.54) is 0 Å². The van der Waals surface area contributed by atoms with Crippen LogP contribution in [0.25, 0.3) is 6.08 Å². The van der Waals surface area contributed by atoms with Crippen LogP contribution in [0, 0.1) is 0 Å². The summed E-state index contributed by atoms with van der Waals surface area (Å²) >= 11 is 0. The summed E-state index contributed by atoms with van der Waals surface area (Å²) in [5, 5.41) is 0. The summed E-state index contributed by atoms with van der Waals surface area (Å²) in [6, 6.07) is 7.93. The summed E-state index contributed by atoms with van der Waals surface area (Å²) in [6.07, 6.45) is 6.02. The first-order valence-electron chi connectivity index (χ1n) is 7.82. The van der Waals surface area contributed by atoms with E-state index in [1.807, 2.05) is 49.4 Å². The van der Waals surface area contributed by atoms with E-state index in [9.17, 15) is 0 Å². The molecule has 122 valence electrons. The Morgan fingerprint density at radius 1 is 1.18 bits per heavy atom. The lowest BCUT2D eigenvalue weighted by Gasteiger charge is -2.17. The highest BCUT2D eigenvalue weighted by Gasteiger charge is 1.98. The van der Waals surface area contributed by atoms with Crippen molar-refractivity contribution in [2.24, 2.45) is 0 Å². The molecule has 1 aromatic carbocycles. The Labute approximate surface area is 134 Å². The summed E-state index contributed by atoms with van der Waals surface area (Å²) < 4.78 is 5.15. The van der Waals surface area contributed by atoms with Gasteiger partial charge in [-0.25, -0.2) is 0 Å². The Morgan fingerprint density at radius 3 is 2.41 bits per heavy atom. The van der Waals surface area contributed by atoms with E-state index in [4.69, 9.17) is 9.57 Å². The van der Waals surface area contributed by atoms with Gasteiger partial charge in [-0.05, 0) is 43.8 Å². The molecule has 0 bridgehead atoms. The first-order valence-corrected chi connectivity index (χ1v) is 7.82. The fraction of sp³-hybridized carbons (Fsp3) is 0.444. The minimum Gasteiger partial charge on any atom is -0.497 e. The van der Waals surface area contributed by atoms with Crippen LogP contribution in [0.3, 0.4) is 0 Å². The fourth-order valence-corrected chi connectivity index (χ4v) is 1.94. The molecule has 0 radical (unpaired) electrons. The second kappa shape index (κ2) is 10.9. The molecule has 0 heterocycles. The van der Waals surface area contributed by atoms with Crippen LogP contribution in [0.4, 0.5) is 0 Å². The van der Waals surface area contributed by atoms with Gasteiger partial charge in [0.15, 0.2) is 0 Å². The van der Waals surface area contributed by atoms with Gasteiger partial charge in [-0.3, -0.25) is 10.3 Å². The zero-order valence-electron chi connectivity index (χ0n) is 14.1. The number of rotatable bonds is 10. The number of allylic oxidation sites excluding steroid dienone is 2. The maximum atomic E-state index is 5.51. The molecule has 4 nitrogen and oxygen atoms in total. The minimum absolute atomic E-state index is 0.662. The molecule has 0 saturated heterocycles. The van der Waals surface area contributed by atoms with Crippen molar-refractivity contribution in [1.29, 1.82) is 0 Å². The molecule has 0 atom stereocenters. The van der Waals surface area contributed by atoms with Crippen LogP contribution in [0.1, 0.15) is 26.3 Å². The zero-order chi connectivity index (χ0) is 16.2. The maximum absolute atomic E-state index is 5.51. The van der Waals surface area contributed by atoms with Crippen LogP contribution in [-0.2, 0) is 4.84 Å². The molecule has 0 amide bonds. The topological polar surface area (TPSA) is 33.7 Å². The van der Waals surface area contributed by atoms with Crippen LogP contribution in [0.2, 0.25) is 0 Å². The van der Waals surface area contributed by atoms with Crippen LogP contribution < -0.4 is 10.2 Å². The van der Waals surface area contributed by atoms with Crippen molar-refractivity contribution < 1.29 is 9.57 Å². The average Bonchev–Trinajstić information content (AvgIpc) is 2.58. The van der Waals surface area contributed by atoms with E-state index in [0.717, 1.165) is 36.6 Å². The fourth-order valence-electron chi connectivity index (χ4n) is 1.94. The van der Waals surface area contributed by atoms with Crippen LogP contribution in [-0.4, -0.2) is 38.3 Å². The minimum atomic E-state index is 0.662. The number of hydrogen-bond donors (Lipinski definition) is 1. The number of methoxy groups -OCH3 is 1. The third-order valence-corrected chi connectivity index (χ3v) is 3.48. The van der Waals surface area contributed by atoms with Gasteiger partial charge in [0.25, 0.3) is 0 Å². The highest BCUT2D eigenvalue weighted by atomic mass is 16.6. The van der Waals surface area contributed by atoms with Gasteiger partial charge in [0.05, 0.1) is 19.4 Å². The summed E-state index contributed by atoms with van der Waals surface area (Å²) in [5.41, 5.74) is 5.04. The summed E-state index contributed by atoms with van der Waals surface area (Å²) in [7, 11) is 1.67. The van der Waals surface area contributed by atoms with Gasteiger partial charge in [-0.2, -0.15) is 0 Å². The Morgan fingerprint density at radius 2 is 1.86 bits per heavy atom. The third kappa shape index (κ3) is 6.78. The molecule has 0 aromatic heterocycles. The van der Waals surface area contributed by atoms with E-state index in [-0.39, 0.29) is 0 Å². The predicted octanol–water partition coefficient (Wildman–Crippen LogP) is 3.48. The molecule has 22 heavy (non-hydrogen) atoms. The normalized spacial score (nSPS) is 12.1. The van der Waals surface area contributed by atoms with E-state index in [2.05, 4.69) is 24.2 Å². The summed E-state index contributed by atoms with van der Waals surface area (Å²) in [5.74, 6) is 0.862. The van der Waals surface area contributed by atoms with Gasteiger partial charge in [0.2, 0.25) is 0 Å². The molecule has 1 rings (SSSR count). The van der Waals surface area contributed by atoms with Crippen molar-refractivity contribution in [3.63, 3.8) is 0 Å². The van der Waals surface area contributed by atoms with Crippen molar-refractivity contribution in [3.8, 4) is 5.75 Å². The van der Waals surface area contributed by atoms with E-state index in [0.29, 0.717) is 6.61 Å². The Balaban J connectivity index is 2.39. The number of hydroxylamine groups is 1. The quantitative estimate of drug-likeness (QED) is 0.408. The number of nitrogens with zero attached hydrogens (tertiary/aromatic N) is 1. The van der Waals surface area contributed by atoms with Gasteiger partial charge in [-0.15, -0.1) is 0 Å². The molecule has 4 heteroatoms. The Hall–Kier alpha value is -1.78. The van der Waals surface area contributed by atoms with Gasteiger partial charge in [0.1, 0.15) is 5.75 Å². The first kappa shape index (κ1) is 18.3. The standard InChI is InChI=1S/C18H28N2O2/c1-5-17(19-22-15-14-20(6-2)7-3)11-8-16-9-12-18(21-4)13-10-16/h5,8-13,19H,6-7,14-15H2,1-4H3. The van der Waals surface area contributed by atoms with Crippen molar-refractivity contribution >= 4 is 6.08 Å². The van der Waals surface area contributed by atoms with Gasteiger partial charge >= 0.3 is 0 Å². The van der Waals surface area contributed by atoms with Crippen LogP contribution >= 0.6 is 0 Å². The van der Waals surface area contributed by atoms with Gasteiger partial charge in [-0.1, -0.05) is 38.1 Å². The average molecular weight is 304 g/mol. The van der Waals surface area contributed by atoms with Crippen LogP contribution in [0.15, 0.2) is 42.1 Å². The number of likely N-dealkylation sites (N-methyl/N-ethyl adjacent to an activating group) is 1. The molecule has 0 unspecified atom stereocenters. The number of ether oxygens (including phenoxy) is 1. The highest BCUT2D eigenvalue weighted by molar-refractivity contribution is 5.53. The molecule has 0 aliphatic rings. The van der Waals surface area contributed by atoms with Crippen molar-refractivity contribution in [2.75, 3.05) is 33.4 Å². The Kier molecular flexibility index (Phi) is 9.03. The monoisotopic (exact) mass is 304 g/mol. The molecular weight excluding hydrogens is 276 g/mol. The lowest BCUT2D eigenvalue weighted by atomic mass is 10.2. The highest BCUT2D eigenvalue weighted by Crippen LogP contribution is 2.12. The van der Waals surface area contributed by atoms with Gasteiger partial charge < -0.3 is 9.64 Å². The maximum Gasteiger partial charge on any atom is 0.118 e. The summed E-state index contributed by atoms with van der Waals surface area (Å²) in [4.78, 5) is 7.84. The second-order valence-electron chi connectivity index (χ2n) is 4.83. The molecular formula is C18H28N2O2. The molecule has 0 fully saturated rings. The van der Waals surface area contributed by atoms with Crippen molar-refractivity contribution in [3.05, 3.63) is 47.7 Å².